The lowest BCUT2D eigenvalue weighted by molar-refractivity contribution is -0.137. The highest BCUT2D eigenvalue weighted by atomic mass is 32.2. The second kappa shape index (κ2) is 9.51. The molecule has 9 nitrogen and oxygen atoms in total. The van der Waals surface area contributed by atoms with Gasteiger partial charge in [-0.3, -0.25) is 4.79 Å². The van der Waals surface area contributed by atoms with Crippen molar-refractivity contribution in [1.29, 1.82) is 0 Å². The SMILES string of the molecule is Cc1cc(C(F)(F)F)cc(N2C(=O)OC[C@H]2C(=O)N(C)c2ccc3ccn(S(=O)(=O)C4(C)C=CC=CC4)c3c2)n1. The lowest BCUT2D eigenvalue weighted by atomic mass is 10.0. The van der Waals surface area contributed by atoms with Crippen molar-refractivity contribution in [2.45, 2.75) is 37.2 Å². The number of benzene rings is 1. The van der Waals surface area contributed by atoms with Crippen LogP contribution in [0.1, 0.15) is 24.6 Å². The van der Waals surface area contributed by atoms with Crippen LogP contribution in [0.15, 0.2) is 66.9 Å². The van der Waals surface area contributed by atoms with Crippen LogP contribution in [0.25, 0.3) is 10.9 Å². The van der Waals surface area contributed by atoms with E-state index in [9.17, 15) is 31.2 Å². The van der Waals surface area contributed by atoms with Gasteiger partial charge in [0.05, 0.1) is 11.1 Å². The average Bonchev–Trinajstić information content (AvgIpc) is 3.50. The van der Waals surface area contributed by atoms with Gasteiger partial charge in [0.2, 0.25) is 10.0 Å². The Morgan fingerprint density at radius 3 is 2.60 bits per heavy atom. The summed E-state index contributed by atoms with van der Waals surface area (Å²) in [6.07, 6.45) is 2.92. The molecule has 40 heavy (non-hydrogen) atoms. The zero-order chi connectivity index (χ0) is 29.0. The van der Waals surface area contributed by atoms with E-state index < -0.39 is 51.2 Å². The largest absolute Gasteiger partial charge is 0.446 e. The number of allylic oxidation sites excluding steroid dienone is 3. The monoisotopic (exact) mass is 574 g/mol. The van der Waals surface area contributed by atoms with Crippen molar-refractivity contribution in [3.05, 3.63) is 78.2 Å². The summed E-state index contributed by atoms with van der Waals surface area (Å²) in [6, 6.07) is 6.69. The van der Waals surface area contributed by atoms with Gasteiger partial charge >= 0.3 is 12.3 Å². The lowest BCUT2D eigenvalue weighted by Crippen LogP contribution is -2.47. The number of ether oxygens (including phenoxy) is 1. The van der Waals surface area contributed by atoms with Gasteiger partial charge in [0.15, 0.2) is 6.04 Å². The fourth-order valence-electron chi connectivity index (χ4n) is 4.78. The van der Waals surface area contributed by atoms with Crippen molar-refractivity contribution >= 4 is 44.4 Å². The third-order valence-electron chi connectivity index (χ3n) is 7.10. The second-order valence-corrected chi connectivity index (χ2v) is 12.2. The maximum Gasteiger partial charge on any atom is 0.416 e. The minimum absolute atomic E-state index is 0.00787. The first-order chi connectivity index (χ1) is 18.7. The van der Waals surface area contributed by atoms with Crippen LogP contribution in [0.4, 0.5) is 29.5 Å². The summed E-state index contributed by atoms with van der Waals surface area (Å²) in [6.45, 7) is 2.58. The van der Waals surface area contributed by atoms with E-state index >= 15 is 0 Å². The molecule has 0 radical (unpaired) electrons. The van der Waals surface area contributed by atoms with E-state index in [1.165, 1.54) is 35.1 Å². The number of hydrogen-bond donors (Lipinski definition) is 0. The highest BCUT2D eigenvalue weighted by Gasteiger charge is 2.43. The number of rotatable bonds is 5. The van der Waals surface area contributed by atoms with Crippen LogP contribution in [-0.4, -0.2) is 53.8 Å². The molecule has 1 aliphatic carbocycles. The molecular formula is C27H25F3N4O5S. The van der Waals surface area contributed by atoms with Crippen LogP contribution >= 0.6 is 0 Å². The fraction of sp³-hybridized carbons (Fsp3) is 0.296. The second-order valence-electron chi connectivity index (χ2n) is 9.88. The van der Waals surface area contributed by atoms with Crippen LogP contribution in [0.5, 0.6) is 0 Å². The number of carbonyl (C=O) groups is 2. The molecule has 0 spiro atoms. The number of amides is 2. The summed E-state index contributed by atoms with van der Waals surface area (Å²) in [5.41, 5.74) is -0.358. The summed E-state index contributed by atoms with van der Waals surface area (Å²) in [5, 5.41) is 0.622. The van der Waals surface area contributed by atoms with Gasteiger partial charge in [-0.05, 0) is 50.6 Å². The standard InChI is InChI=1S/C27H25F3N4O5S/c1-17-13-19(27(28,29)30)14-23(31-17)34-22(16-39-25(34)36)24(35)32(3)20-8-7-18-9-12-33(21(18)15-20)40(37,38)26(2)10-5-4-6-11-26/h4-10,12-15,22H,11,16H2,1-3H3/t22-,26?/m0/s1. The molecule has 0 saturated carbocycles. The van der Waals surface area contributed by atoms with E-state index in [0.717, 1.165) is 11.0 Å². The van der Waals surface area contributed by atoms with E-state index in [2.05, 4.69) is 4.98 Å². The Balaban J connectivity index is 1.49. The third-order valence-corrected chi connectivity index (χ3v) is 9.42. The van der Waals surface area contributed by atoms with Crippen LogP contribution in [-0.2, 0) is 25.7 Å². The fourth-order valence-corrected chi connectivity index (χ4v) is 6.42. The van der Waals surface area contributed by atoms with Gasteiger partial charge in [0.25, 0.3) is 5.91 Å². The summed E-state index contributed by atoms with van der Waals surface area (Å²) >= 11 is 0. The minimum Gasteiger partial charge on any atom is -0.446 e. The molecule has 210 valence electrons. The van der Waals surface area contributed by atoms with E-state index in [1.54, 1.807) is 49.4 Å². The first-order valence-electron chi connectivity index (χ1n) is 12.2. The zero-order valence-electron chi connectivity index (χ0n) is 21.7. The molecule has 3 heterocycles. The molecular weight excluding hydrogens is 549 g/mol. The van der Waals surface area contributed by atoms with Crippen molar-refractivity contribution in [2.75, 3.05) is 23.5 Å². The lowest BCUT2D eigenvalue weighted by Gasteiger charge is -2.28. The Hall–Kier alpha value is -4.13. The number of aryl methyl sites for hydroxylation is 1. The van der Waals surface area contributed by atoms with Gasteiger partial charge in [-0.25, -0.2) is 27.1 Å². The Kier molecular flexibility index (Phi) is 6.52. The Morgan fingerprint density at radius 2 is 1.93 bits per heavy atom. The molecule has 3 aromatic rings. The molecule has 0 N–H and O–H groups in total. The number of carbonyl (C=O) groups excluding carboxylic acids is 2. The van der Waals surface area contributed by atoms with Crippen molar-refractivity contribution < 1.29 is 35.9 Å². The molecule has 1 unspecified atom stereocenters. The first-order valence-corrected chi connectivity index (χ1v) is 13.7. The zero-order valence-corrected chi connectivity index (χ0v) is 22.5. The number of fused-ring (bicyclic) bond motifs is 1. The quantitative estimate of drug-likeness (QED) is 0.434. The van der Waals surface area contributed by atoms with E-state index in [-0.39, 0.29) is 17.9 Å². The van der Waals surface area contributed by atoms with Gasteiger partial charge in [0.1, 0.15) is 17.2 Å². The van der Waals surface area contributed by atoms with Gasteiger partial charge in [0, 0.05) is 30.0 Å². The van der Waals surface area contributed by atoms with E-state index in [0.29, 0.717) is 22.7 Å². The molecule has 2 atom stereocenters. The van der Waals surface area contributed by atoms with Crippen molar-refractivity contribution in [1.82, 2.24) is 8.96 Å². The van der Waals surface area contributed by atoms with Crippen molar-refractivity contribution in [3.8, 4) is 0 Å². The summed E-state index contributed by atoms with van der Waals surface area (Å²) < 4.78 is 72.5. The number of cyclic esters (lactones) is 1. The van der Waals surface area contributed by atoms with Crippen molar-refractivity contribution in [2.24, 2.45) is 0 Å². The van der Waals surface area contributed by atoms with Gasteiger partial charge < -0.3 is 9.64 Å². The molecule has 2 aliphatic rings. The molecule has 2 amide bonds. The highest BCUT2D eigenvalue weighted by Crippen LogP contribution is 2.35. The van der Waals surface area contributed by atoms with Crippen LogP contribution in [0, 0.1) is 6.92 Å². The summed E-state index contributed by atoms with van der Waals surface area (Å²) in [5.74, 6) is -1.02. The number of nitrogens with zero attached hydrogens (tertiary/aromatic N) is 4. The van der Waals surface area contributed by atoms with Gasteiger partial charge in [-0.15, -0.1) is 0 Å². The molecule has 0 bridgehead atoms. The number of hydrogen-bond acceptors (Lipinski definition) is 6. The van der Waals surface area contributed by atoms with Crippen LogP contribution < -0.4 is 9.80 Å². The number of halogens is 3. The maximum atomic E-state index is 13.6. The first kappa shape index (κ1) is 27.4. The number of alkyl halides is 3. The predicted octanol–water partition coefficient (Wildman–Crippen LogP) is 4.80. The molecule has 1 fully saturated rings. The topological polar surface area (TPSA) is 102 Å². The molecule has 1 saturated heterocycles. The molecule has 1 aromatic carbocycles. The Morgan fingerprint density at radius 1 is 1.18 bits per heavy atom. The number of aromatic nitrogens is 2. The van der Waals surface area contributed by atoms with E-state index in [1.807, 2.05) is 0 Å². The normalized spacial score (nSPS) is 21.2. The predicted molar refractivity (Wildman–Crippen MR) is 143 cm³/mol. The van der Waals surface area contributed by atoms with Crippen LogP contribution in [0.2, 0.25) is 0 Å². The van der Waals surface area contributed by atoms with Gasteiger partial charge in [-0.2, -0.15) is 13.2 Å². The van der Waals surface area contributed by atoms with Crippen LogP contribution in [0.3, 0.4) is 0 Å². The summed E-state index contributed by atoms with van der Waals surface area (Å²) in [4.78, 5) is 32.1. The maximum absolute atomic E-state index is 13.6. The minimum atomic E-state index is -4.69. The van der Waals surface area contributed by atoms with Crippen molar-refractivity contribution in [3.63, 3.8) is 0 Å². The third kappa shape index (κ3) is 4.53. The number of anilines is 2. The Labute approximate surface area is 228 Å². The average molecular weight is 575 g/mol. The highest BCUT2D eigenvalue weighted by molar-refractivity contribution is 7.91. The molecule has 1 aliphatic heterocycles. The smallest absolute Gasteiger partial charge is 0.416 e. The molecule has 13 heteroatoms. The molecule has 2 aromatic heterocycles. The number of likely N-dealkylation sites (N-methyl/N-ethyl adjacent to an activating group) is 1. The summed E-state index contributed by atoms with van der Waals surface area (Å²) in [7, 11) is -2.47. The molecule has 5 rings (SSSR count). The Bertz CT molecular complexity index is 1700. The van der Waals surface area contributed by atoms with E-state index in [4.69, 9.17) is 4.74 Å². The number of pyridine rings is 1. The van der Waals surface area contributed by atoms with Gasteiger partial charge in [-0.1, -0.05) is 30.4 Å².